The van der Waals surface area contributed by atoms with E-state index < -0.39 is 0 Å². The standard InChI is InChI=1S/C9H7BrINS/c10-3-5-4-13-8-2-6(12)1-7(11)9(5)8/h1-2,4H,3,12H2. The molecule has 1 heterocycles. The first-order valence-corrected chi connectivity index (χ1v) is 6.81. The second kappa shape index (κ2) is 3.74. The molecular weight excluding hydrogens is 361 g/mol. The molecule has 0 saturated heterocycles. The fourth-order valence-electron chi connectivity index (χ4n) is 1.30. The van der Waals surface area contributed by atoms with Gasteiger partial charge in [0, 0.05) is 24.7 Å². The predicted octanol–water partition coefficient (Wildman–Crippen LogP) is 3.98. The van der Waals surface area contributed by atoms with E-state index in [9.17, 15) is 0 Å². The lowest BCUT2D eigenvalue weighted by atomic mass is 10.2. The van der Waals surface area contributed by atoms with Crippen molar-refractivity contribution in [2.24, 2.45) is 0 Å². The van der Waals surface area contributed by atoms with Gasteiger partial charge < -0.3 is 5.73 Å². The van der Waals surface area contributed by atoms with Crippen LogP contribution in [0, 0.1) is 3.57 Å². The molecule has 0 aliphatic heterocycles. The lowest BCUT2D eigenvalue weighted by Gasteiger charge is -1.99. The van der Waals surface area contributed by atoms with Crippen molar-refractivity contribution in [2.45, 2.75) is 5.33 Å². The SMILES string of the molecule is Nc1cc(I)c2c(CBr)csc2c1. The zero-order valence-electron chi connectivity index (χ0n) is 6.68. The third kappa shape index (κ3) is 1.71. The first kappa shape index (κ1) is 9.73. The summed E-state index contributed by atoms with van der Waals surface area (Å²) in [5, 5.41) is 4.44. The highest BCUT2D eigenvalue weighted by atomic mass is 127. The molecule has 0 atom stereocenters. The van der Waals surface area contributed by atoms with E-state index in [-0.39, 0.29) is 0 Å². The third-order valence-electron chi connectivity index (χ3n) is 1.87. The van der Waals surface area contributed by atoms with Gasteiger partial charge >= 0.3 is 0 Å². The van der Waals surface area contributed by atoms with Crippen LogP contribution < -0.4 is 5.73 Å². The van der Waals surface area contributed by atoms with E-state index in [0.29, 0.717) is 0 Å². The van der Waals surface area contributed by atoms with Crippen LogP contribution >= 0.6 is 49.9 Å². The van der Waals surface area contributed by atoms with Gasteiger partial charge in [-0.05, 0) is 45.7 Å². The van der Waals surface area contributed by atoms with Gasteiger partial charge in [0.2, 0.25) is 0 Å². The lowest BCUT2D eigenvalue weighted by molar-refractivity contribution is 1.53. The fourth-order valence-corrected chi connectivity index (χ4v) is 4.17. The van der Waals surface area contributed by atoms with E-state index in [1.54, 1.807) is 11.3 Å². The summed E-state index contributed by atoms with van der Waals surface area (Å²) in [6.45, 7) is 0. The molecule has 0 fully saturated rings. The summed E-state index contributed by atoms with van der Waals surface area (Å²) in [5.74, 6) is 0. The van der Waals surface area contributed by atoms with Crippen LogP contribution in [0.5, 0.6) is 0 Å². The Balaban J connectivity index is 2.82. The predicted molar refractivity (Wildman–Crippen MR) is 71.6 cm³/mol. The van der Waals surface area contributed by atoms with Crippen molar-refractivity contribution in [3.63, 3.8) is 0 Å². The van der Waals surface area contributed by atoms with E-state index >= 15 is 0 Å². The molecule has 0 aliphatic rings. The van der Waals surface area contributed by atoms with Crippen LogP contribution in [0.15, 0.2) is 17.5 Å². The molecule has 2 aromatic rings. The third-order valence-corrected chi connectivity index (χ3v) is 4.30. The van der Waals surface area contributed by atoms with E-state index in [4.69, 9.17) is 5.73 Å². The topological polar surface area (TPSA) is 26.0 Å². The van der Waals surface area contributed by atoms with Crippen molar-refractivity contribution in [1.82, 2.24) is 0 Å². The molecule has 0 unspecified atom stereocenters. The number of nitrogen functional groups attached to an aromatic ring is 1. The van der Waals surface area contributed by atoms with E-state index in [2.05, 4.69) is 43.9 Å². The maximum Gasteiger partial charge on any atom is 0.0377 e. The van der Waals surface area contributed by atoms with E-state index in [1.165, 1.54) is 19.2 Å². The van der Waals surface area contributed by atoms with Crippen LogP contribution in [-0.4, -0.2) is 0 Å². The van der Waals surface area contributed by atoms with Crippen molar-refractivity contribution >= 4 is 65.6 Å². The van der Waals surface area contributed by atoms with Gasteiger partial charge in [0.15, 0.2) is 0 Å². The summed E-state index contributed by atoms with van der Waals surface area (Å²) >= 11 is 7.57. The minimum absolute atomic E-state index is 0.847. The van der Waals surface area contributed by atoms with Crippen LogP contribution in [-0.2, 0) is 5.33 Å². The maximum absolute atomic E-state index is 5.77. The zero-order valence-corrected chi connectivity index (χ0v) is 11.2. The summed E-state index contributed by atoms with van der Waals surface area (Å²) in [6, 6.07) is 4.05. The number of thiophene rings is 1. The van der Waals surface area contributed by atoms with Gasteiger partial charge in [-0.2, -0.15) is 0 Å². The van der Waals surface area contributed by atoms with Crippen molar-refractivity contribution < 1.29 is 0 Å². The van der Waals surface area contributed by atoms with Crippen LogP contribution in [0.3, 0.4) is 0 Å². The Hall–Kier alpha value is 0.190. The Morgan fingerprint density at radius 1 is 1.46 bits per heavy atom. The molecule has 68 valence electrons. The van der Waals surface area contributed by atoms with Gasteiger partial charge in [-0.3, -0.25) is 0 Å². The number of fused-ring (bicyclic) bond motifs is 1. The zero-order chi connectivity index (χ0) is 9.42. The van der Waals surface area contributed by atoms with Gasteiger partial charge in [-0.1, -0.05) is 15.9 Å². The monoisotopic (exact) mass is 367 g/mol. The van der Waals surface area contributed by atoms with E-state index in [0.717, 1.165) is 11.0 Å². The molecule has 0 amide bonds. The summed E-state index contributed by atoms with van der Waals surface area (Å²) in [5.41, 5.74) is 7.96. The van der Waals surface area contributed by atoms with Crippen molar-refractivity contribution in [3.05, 3.63) is 26.6 Å². The number of nitrogens with two attached hydrogens (primary N) is 1. The molecule has 1 aromatic carbocycles. The Bertz CT molecular complexity index is 452. The Morgan fingerprint density at radius 3 is 2.92 bits per heavy atom. The number of benzene rings is 1. The van der Waals surface area contributed by atoms with Crippen LogP contribution in [0.2, 0.25) is 0 Å². The molecule has 2 rings (SSSR count). The summed E-state index contributed by atoms with van der Waals surface area (Å²) < 4.78 is 2.52. The second-order valence-electron chi connectivity index (χ2n) is 2.77. The molecule has 1 aromatic heterocycles. The van der Waals surface area contributed by atoms with Gasteiger partial charge in [0.25, 0.3) is 0 Å². The number of halogens is 2. The molecule has 0 radical (unpaired) electrons. The maximum atomic E-state index is 5.77. The molecule has 0 aliphatic carbocycles. The quantitative estimate of drug-likeness (QED) is 0.460. The van der Waals surface area contributed by atoms with Crippen molar-refractivity contribution in [1.29, 1.82) is 0 Å². The number of hydrogen-bond donors (Lipinski definition) is 1. The first-order chi connectivity index (χ1) is 6.22. The highest BCUT2D eigenvalue weighted by Gasteiger charge is 2.07. The van der Waals surface area contributed by atoms with Crippen LogP contribution in [0.1, 0.15) is 5.56 Å². The molecule has 0 bridgehead atoms. The van der Waals surface area contributed by atoms with Gasteiger partial charge in [-0.25, -0.2) is 0 Å². The number of anilines is 1. The molecule has 13 heavy (non-hydrogen) atoms. The Labute approximate surface area is 103 Å². The minimum Gasteiger partial charge on any atom is -0.399 e. The van der Waals surface area contributed by atoms with Gasteiger partial charge in [-0.15, -0.1) is 11.3 Å². The number of alkyl halides is 1. The summed E-state index contributed by atoms with van der Waals surface area (Å²) in [7, 11) is 0. The molecule has 0 saturated carbocycles. The first-order valence-electron chi connectivity index (χ1n) is 3.73. The smallest absolute Gasteiger partial charge is 0.0377 e. The Kier molecular flexibility index (Phi) is 2.80. The minimum atomic E-state index is 0.847. The Morgan fingerprint density at radius 2 is 2.23 bits per heavy atom. The van der Waals surface area contributed by atoms with Gasteiger partial charge in [0.05, 0.1) is 0 Å². The van der Waals surface area contributed by atoms with Crippen molar-refractivity contribution in [2.75, 3.05) is 5.73 Å². The molecule has 4 heteroatoms. The van der Waals surface area contributed by atoms with Crippen LogP contribution in [0.25, 0.3) is 10.1 Å². The van der Waals surface area contributed by atoms with Crippen LogP contribution in [0.4, 0.5) is 5.69 Å². The normalized spacial score (nSPS) is 10.9. The lowest BCUT2D eigenvalue weighted by Crippen LogP contribution is -1.86. The summed E-state index contributed by atoms with van der Waals surface area (Å²) in [4.78, 5) is 0. The van der Waals surface area contributed by atoms with Crippen molar-refractivity contribution in [3.8, 4) is 0 Å². The molecular formula is C9H7BrINS. The highest BCUT2D eigenvalue weighted by Crippen LogP contribution is 2.33. The van der Waals surface area contributed by atoms with E-state index in [1.807, 2.05) is 12.1 Å². The highest BCUT2D eigenvalue weighted by molar-refractivity contribution is 14.1. The molecule has 1 nitrogen and oxygen atoms in total. The number of rotatable bonds is 1. The second-order valence-corrected chi connectivity index (χ2v) is 5.40. The average molecular weight is 368 g/mol. The number of hydrogen-bond acceptors (Lipinski definition) is 2. The fraction of sp³-hybridized carbons (Fsp3) is 0.111. The average Bonchev–Trinajstić information content (AvgIpc) is 2.47. The molecule has 0 spiro atoms. The van der Waals surface area contributed by atoms with Gasteiger partial charge in [0.1, 0.15) is 0 Å². The summed E-state index contributed by atoms with van der Waals surface area (Å²) in [6.07, 6.45) is 0. The largest absolute Gasteiger partial charge is 0.399 e. The molecule has 2 N–H and O–H groups in total.